The van der Waals surface area contributed by atoms with Gasteiger partial charge in [-0.05, 0) is 49.2 Å². The molecular formula is C22H26N2O2. The number of hydrogen-bond acceptors (Lipinski definition) is 2. The lowest BCUT2D eigenvalue weighted by Gasteiger charge is -2.21. The molecule has 1 aliphatic carbocycles. The molecule has 1 fully saturated rings. The molecule has 2 aromatic rings. The van der Waals surface area contributed by atoms with Crippen LogP contribution in [0.4, 0.5) is 5.69 Å². The molecule has 0 bridgehead atoms. The second-order valence-corrected chi connectivity index (χ2v) is 6.91. The standard InChI is InChI=1S/C22H26N2O2/c25-21(17-9-5-4-6-10-17)24-20-15-13-18(14-16-20)22(26)23-19-11-7-2-1-3-8-12-19/h4-6,9-10,13-16,19H,1-3,7-8,11-12H2,(H,23,26)(H,24,25). The lowest BCUT2D eigenvalue weighted by molar-refractivity contribution is 0.0930. The molecule has 3 rings (SSSR count). The van der Waals surface area contributed by atoms with Gasteiger partial charge in [0.2, 0.25) is 0 Å². The number of nitrogens with one attached hydrogen (secondary N) is 2. The van der Waals surface area contributed by atoms with E-state index in [1.54, 1.807) is 36.4 Å². The van der Waals surface area contributed by atoms with Gasteiger partial charge in [-0.2, -0.15) is 0 Å². The fourth-order valence-electron chi connectivity index (χ4n) is 3.37. The van der Waals surface area contributed by atoms with Crippen molar-refractivity contribution in [2.45, 2.75) is 51.0 Å². The van der Waals surface area contributed by atoms with Crippen LogP contribution in [0, 0.1) is 0 Å². The summed E-state index contributed by atoms with van der Waals surface area (Å²) >= 11 is 0. The van der Waals surface area contributed by atoms with Crippen LogP contribution in [-0.2, 0) is 0 Å². The third-order valence-corrected chi connectivity index (χ3v) is 4.88. The van der Waals surface area contributed by atoms with Crippen LogP contribution in [0.3, 0.4) is 0 Å². The van der Waals surface area contributed by atoms with E-state index in [-0.39, 0.29) is 17.9 Å². The van der Waals surface area contributed by atoms with Gasteiger partial charge in [-0.25, -0.2) is 0 Å². The first-order valence-electron chi connectivity index (χ1n) is 9.50. The maximum absolute atomic E-state index is 12.5. The lowest BCUT2D eigenvalue weighted by atomic mass is 9.96. The highest BCUT2D eigenvalue weighted by Gasteiger charge is 2.15. The van der Waals surface area contributed by atoms with E-state index in [4.69, 9.17) is 0 Å². The zero-order valence-electron chi connectivity index (χ0n) is 15.0. The molecule has 0 unspecified atom stereocenters. The van der Waals surface area contributed by atoms with Crippen LogP contribution < -0.4 is 10.6 Å². The summed E-state index contributed by atoms with van der Waals surface area (Å²) in [6, 6.07) is 16.4. The number of hydrogen-bond donors (Lipinski definition) is 2. The number of carbonyl (C=O) groups is 2. The van der Waals surface area contributed by atoms with Crippen molar-refractivity contribution in [3.05, 3.63) is 65.7 Å². The highest BCUT2D eigenvalue weighted by atomic mass is 16.2. The first-order valence-corrected chi connectivity index (χ1v) is 9.50. The minimum absolute atomic E-state index is 0.0310. The monoisotopic (exact) mass is 350 g/mol. The maximum Gasteiger partial charge on any atom is 0.255 e. The van der Waals surface area contributed by atoms with Crippen molar-refractivity contribution in [3.8, 4) is 0 Å². The molecule has 26 heavy (non-hydrogen) atoms. The summed E-state index contributed by atoms with van der Waals surface area (Å²) in [5, 5.41) is 6.01. The molecule has 0 atom stereocenters. The molecule has 0 saturated heterocycles. The van der Waals surface area contributed by atoms with Gasteiger partial charge in [-0.3, -0.25) is 9.59 Å². The Labute approximate surface area is 155 Å². The summed E-state index contributed by atoms with van der Waals surface area (Å²) in [6.07, 6.45) is 8.36. The number of benzene rings is 2. The highest BCUT2D eigenvalue weighted by Crippen LogP contribution is 2.18. The van der Waals surface area contributed by atoms with E-state index in [0.717, 1.165) is 12.8 Å². The van der Waals surface area contributed by atoms with Crippen molar-refractivity contribution >= 4 is 17.5 Å². The molecule has 136 valence electrons. The second kappa shape index (κ2) is 9.18. The largest absolute Gasteiger partial charge is 0.349 e. The van der Waals surface area contributed by atoms with Crippen molar-refractivity contribution in [2.75, 3.05) is 5.32 Å². The van der Waals surface area contributed by atoms with Gasteiger partial charge in [-0.1, -0.05) is 50.3 Å². The number of carbonyl (C=O) groups excluding carboxylic acids is 2. The summed E-state index contributed by atoms with van der Waals surface area (Å²) in [7, 11) is 0. The zero-order valence-corrected chi connectivity index (χ0v) is 15.0. The van der Waals surface area contributed by atoms with Gasteiger partial charge < -0.3 is 10.6 Å². The molecule has 4 nitrogen and oxygen atoms in total. The Hall–Kier alpha value is -2.62. The Morgan fingerprint density at radius 1 is 0.692 bits per heavy atom. The molecule has 0 aromatic heterocycles. The van der Waals surface area contributed by atoms with Crippen LogP contribution >= 0.6 is 0 Å². The van der Waals surface area contributed by atoms with Crippen LogP contribution in [-0.4, -0.2) is 17.9 Å². The van der Waals surface area contributed by atoms with E-state index >= 15 is 0 Å². The van der Waals surface area contributed by atoms with Gasteiger partial charge in [-0.15, -0.1) is 0 Å². The van der Waals surface area contributed by atoms with Crippen molar-refractivity contribution in [2.24, 2.45) is 0 Å². The van der Waals surface area contributed by atoms with Crippen LogP contribution in [0.15, 0.2) is 54.6 Å². The molecule has 0 aliphatic heterocycles. The van der Waals surface area contributed by atoms with E-state index in [0.29, 0.717) is 16.8 Å². The minimum atomic E-state index is -0.155. The smallest absolute Gasteiger partial charge is 0.255 e. The summed E-state index contributed by atoms with van der Waals surface area (Å²) in [5.41, 5.74) is 1.92. The van der Waals surface area contributed by atoms with Gasteiger partial charge in [0.25, 0.3) is 11.8 Å². The van der Waals surface area contributed by atoms with Crippen molar-refractivity contribution in [1.82, 2.24) is 5.32 Å². The normalized spacial score (nSPS) is 15.5. The summed E-state index contributed by atoms with van der Waals surface area (Å²) in [6.45, 7) is 0. The SMILES string of the molecule is O=C(Nc1ccc(C(=O)NC2CCCCCCC2)cc1)c1ccccc1. The Kier molecular flexibility index (Phi) is 6.42. The van der Waals surface area contributed by atoms with Crippen LogP contribution in [0.2, 0.25) is 0 Å². The lowest BCUT2D eigenvalue weighted by Crippen LogP contribution is -2.35. The van der Waals surface area contributed by atoms with Gasteiger partial charge >= 0.3 is 0 Å². The molecular weight excluding hydrogens is 324 g/mol. The molecule has 1 saturated carbocycles. The Morgan fingerprint density at radius 2 is 1.27 bits per heavy atom. The zero-order chi connectivity index (χ0) is 18.2. The summed E-state index contributed by atoms with van der Waals surface area (Å²) in [5.74, 6) is -0.186. The predicted molar refractivity (Wildman–Crippen MR) is 104 cm³/mol. The van der Waals surface area contributed by atoms with Crippen LogP contribution in [0.1, 0.15) is 65.7 Å². The molecule has 2 N–H and O–H groups in total. The molecule has 0 spiro atoms. The summed E-state index contributed by atoms with van der Waals surface area (Å²) < 4.78 is 0. The molecule has 4 heteroatoms. The molecule has 0 radical (unpaired) electrons. The Balaban J connectivity index is 1.56. The van der Waals surface area contributed by atoms with E-state index in [9.17, 15) is 9.59 Å². The average molecular weight is 350 g/mol. The van der Waals surface area contributed by atoms with Gasteiger partial charge in [0.15, 0.2) is 0 Å². The fraction of sp³-hybridized carbons (Fsp3) is 0.364. The minimum Gasteiger partial charge on any atom is -0.349 e. The van der Waals surface area contributed by atoms with E-state index in [1.165, 1.54) is 32.1 Å². The molecule has 0 heterocycles. The predicted octanol–water partition coefficient (Wildman–Crippen LogP) is 4.78. The van der Waals surface area contributed by atoms with Gasteiger partial charge in [0.1, 0.15) is 0 Å². The highest BCUT2D eigenvalue weighted by molar-refractivity contribution is 6.04. The van der Waals surface area contributed by atoms with E-state index < -0.39 is 0 Å². The van der Waals surface area contributed by atoms with Gasteiger partial charge in [0, 0.05) is 22.9 Å². The fourth-order valence-corrected chi connectivity index (χ4v) is 3.37. The summed E-state index contributed by atoms with van der Waals surface area (Å²) in [4.78, 5) is 24.6. The van der Waals surface area contributed by atoms with Crippen molar-refractivity contribution in [1.29, 1.82) is 0 Å². The van der Waals surface area contributed by atoms with Crippen LogP contribution in [0.25, 0.3) is 0 Å². The number of amides is 2. The van der Waals surface area contributed by atoms with E-state index in [2.05, 4.69) is 10.6 Å². The van der Waals surface area contributed by atoms with E-state index in [1.807, 2.05) is 18.2 Å². The number of rotatable bonds is 4. The first kappa shape index (κ1) is 18.2. The average Bonchev–Trinajstić information content (AvgIpc) is 2.65. The van der Waals surface area contributed by atoms with Crippen molar-refractivity contribution < 1.29 is 9.59 Å². The Bertz CT molecular complexity index is 718. The number of anilines is 1. The van der Waals surface area contributed by atoms with Gasteiger partial charge in [0.05, 0.1) is 0 Å². The molecule has 1 aliphatic rings. The van der Waals surface area contributed by atoms with Crippen LogP contribution in [0.5, 0.6) is 0 Å². The first-order chi connectivity index (χ1) is 12.7. The molecule has 2 aromatic carbocycles. The maximum atomic E-state index is 12.5. The third kappa shape index (κ3) is 5.19. The molecule has 2 amide bonds. The third-order valence-electron chi connectivity index (χ3n) is 4.88. The quantitative estimate of drug-likeness (QED) is 0.833. The Morgan fingerprint density at radius 3 is 1.92 bits per heavy atom. The van der Waals surface area contributed by atoms with Crippen molar-refractivity contribution in [3.63, 3.8) is 0 Å². The second-order valence-electron chi connectivity index (χ2n) is 6.91. The topological polar surface area (TPSA) is 58.2 Å².